The highest BCUT2D eigenvalue weighted by Gasteiger charge is 2.09. The number of anilines is 1. The van der Waals surface area contributed by atoms with Crippen LogP contribution in [0.2, 0.25) is 0 Å². The third-order valence-electron chi connectivity index (χ3n) is 3.30. The van der Waals surface area contributed by atoms with E-state index in [0.717, 1.165) is 22.6 Å². The molecule has 0 radical (unpaired) electrons. The van der Waals surface area contributed by atoms with Gasteiger partial charge in [0.15, 0.2) is 0 Å². The normalized spacial score (nSPS) is 10.0. The molecule has 0 unspecified atom stereocenters. The van der Waals surface area contributed by atoms with Crippen LogP contribution in [0.25, 0.3) is 0 Å². The molecule has 108 valence electrons. The molecule has 0 amide bonds. The van der Waals surface area contributed by atoms with Gasteiger partial charge in [0, 0.05) is 19.5 Å². The van der Waals surface area contributed by atoms with Gasteiger partial charge in [0.25, 0.3) is 0 Å². The lowest BCUT2D eigenvalue weighted by Gasteiger charge is -2.21. The number of benzene rings is 2. The summed E-state index contributed by atoms with van der Waals surface area (Å²) in [4.78, 5) is 2.05. The summed E-state index contributed by atoms with van der Waals surface area (Å²) in [5.74, 6) is 1.24. The Labute approximate surface area is 130 Å². The molecule has 0 atom stereocenters. The van der Waals surface area contributed by atoms with Gasteiger partial charge < -0.3 is 9.64 Å². The zero-order valence-electron chi connectivity index (χ0n) is 12.1. The molecule has 0 heterocycles. The first kappa shape index (κ1) is 15.2. The van der Waals surface area contributed by atoms with Crippen LogP contribution in [0.5, 0.6) is 5.75 Å². The van der Waals surface area contributed by atoms with Crippen molar-refractivity contribution in [3.63, 3.8) is 0 Å². The Morgan fingerprint density at radius 2 is 2.00 bits per heavy atom. The number of hydrogen-bond acceptors (Lipinski definition) is 3. The van der Waals surface area contributed by atoms with Crippen molar-refractivity contribution in [1.82, 2.24) is 0 Å². The van der Waals surface area contributed by atoms with Crippen molar-refractivity contribution in [2.45, 2.75) is 12.4 Å². The number of rotatable bonds is 5. The van der Waals surface area contributed by atoms with Crippen molar-refractivity contribution >= 4 is 17.3 Å². The summed E-state index contributed by atoms with van der Waals surface area (Å²) >= 11 is 5.81. The zero-order chi connectivity index (χ0) is 15.2. The van der Waals surface area contributed by atoms with Crippen molar-refractivity contribution in [3.05, 3.63) is 59.2 Å². The van der Waals surface area contributed by atoms with Crippen molar-refractivity contribution in [3.8, 4) is 11.8 Å². The molecule has 0 aliphatic rings. The second kappa shape index (κ2) is 7.01. The molecule has 0 saturated carbocycles. The highest BCUT2D eigenvalue weighted by atomic mass is 35.5. The standard InChI is InChI=1S/C17H17ClN2O/c1-20(12-14-4-3-5-16(9-14)21-2)17-7-6-13(10-18)8-15(17)11-19/h3-9H,10,12H2,1-2H3. The van der Waals surface area contributed by atoms with E-state index < -0.39 is 0 Å². The average molecular weight is 301 g/mol. The monoisotopic (exact) mass is 300 g/mol. The van der Waals surface area contributed by atoms with Gasteiger partial charge in [-0.15, -0.1) is 11.6 Å². The Kier molecular flexibility index (Phi) is 5.08. The van der Waals surface area contributed by atoms with Gasteiger partial charge >= 0.3 is 0 Å². The van der Waals surface area contributed by atoms with Crippen molar-refractivity contribution in [1.29, 1.82) is 5.26 Å². The van der Waals surface area contributed by atoms with E-state index in [1.54, 1.807) is 7.11 Å². The van der Waals surface area contributed by atoms with E-state index >= 15 is 0 Å². The van der Waals surface area contributed by atoms with Gasteiger partial charge in [-0.3, -0.25) is 0 Å². The van der Waals surface area contributed by atoms with Crippen molar-refractivity contribution in [2.75, 3.05) is 19.1 Å². The maximum atomic E-state index is 9.30. The number of hydrogen-bond donors (Lipinski definition) is 0. The fourth-order valence-corrected chi connectivity index (χ4v) is 2.38. The molecule has 21 heavy (non-hydrogen) atoms. The smallest absolute Gasteiger partial charge is 0.119 e. The molecule has 0 aliphatic carbocycles. The Morgan fingerprint density at radius 1 is 1.19 bits per heavy atom. The molecule has 0 N–H and O–H groups in total. The summed E-state index contributed by atoms with van der Waals surface area (Å²) in [7, 11) is 3.62. The van der Waals surface area contributed by atoms with Crippen molar-refractivity contribution in [2.24, 2.45) is 0 Å². The number of ether oxygens (including phenoxy) is 1. The van der Waals surface area contributed by atoms with E-state index in [1.165, 1.54) is 0 Å². The zero-order valence-corrected chi connectivity index (χ0v) is 12.9. The fourth-order valence-electron chi connectivity index (χ4n) is 2.22. The molecular weight excluding hydrogens is 284 g/mol. The number of nitriles is 1. The summed E-state index contributed by atoms with van der Waals surface area (Å²) < 4.78 is 5.23. The minimum absolute atomic E-state index is 0.411. The third kappa shape index (κ3) is 3.68. The van der Waals surface area contributed by atoms with Gasteiger partial charge in [-0.25, -0.2) is 0 Å². The van der Waals surface area contributed by atoms with Crippen LogP contribution in [0.1, 0.15) is 16.7 Å². The molecule has 2 aromatic rings. The highest BCUT2D eigenvalue weighted by molar-refractivity contribution is 6.17. The molecular formula is C17H17ClN2O. The van der Waals surface area contributed by atoms with Crippen LogP contribution in [-0.2, 0) is 12.4 Å². The van der Waals surface area contributed by atoms with E-state index in [9.17, 15) is 5.26 Å². The van der Waals surface area contributed by atoms with E-state index in [4.69, 9.17) is 16.3 Å². The number of methoxy groups -OCH3 is 1. The lowest BCUT2D eigenvalue weighted by molar-refractivity contribution is 0.414. The van der Waals surface area contributed by atoms with Gasteiger partial charge in [0.05, 0.1) is 18.4 Å². The molecule has 2 aromatic carbocycles. The molecule has 3 nitrogen and oxygen atoms in total. The predicted octanol–water partition coefficient (Wildman–Crippen LogP) is 3.94. The minimum atomic E-state index is 0.411. The summed E-state index contributed by atoms with van der Waals surface area (Å²) in [5, 5.41) is 9.30. The SMILES string of the molecule is COc1cccc(CN(C)c2ccc(CCl)cc2C#N)c1. The van der Waals surface area contributed by atoms with Crippen LogP contribution in [0, 0.1) is 11.3 Å². The first-order chi connectivity index (χ1) is 10.2. The topological polar surface area (TPSA) is 36.3 Å². The third-order valence-corrected chi connectivity index (χ3v) is 3.61. The van der Waals surface area contributed by atoms with Gasteiger partial charge in [-0.05, 0) is 35.4 Å². The van der Waals surface area contributed by atoms with Crippen LogP contribution in [0.15, 0.2) is 42.5 Å². The molecule has 0 aliphatic heterocycles. The maximum absolute atomic E-state index is 9.30. The van der Waals surface area contributed by atoms with Gasteiger partial charge in [-0.2, -0.15) is 5.26 Å². The molecule has 0 fully saturated rings. The highest BCUT2D eigenvalue weighted by Crippen LogP contribution is 2.23. The quantitative estimate of drug-likeness (QED) is 0.785. The van der Waals surface area contributed by atoms with E-state index in [1.807, 2.05) is 54.4 Å². The Morgan fingerprint density at radius 3 is 2.67 bits per heavy atom. The number of alkyl halides is 1. The summed E-state index contributed by atoms with van der Waals surface area (Å²) in [5.41, 5.74) is 3.61. The van der Waals surface area contributed by atoms with Crippen LogP contribution in [-0.4, -0.2) is 14.2 Å². The molecule has 0 saturated heterocycles. The Hall–Kier alpha value is -2.18. The summed E-state index contributed by atoms with van der Waals surface area (Å²) in [6.45, 7) is 0.700. The Bertz CT molecular complexity index is 664. The lowest BCUT2D eigenvalue weighted by Crippen LogP contribution is -2.17. The van der Waals surface area contributed by atoms with E-state index in [2.05, 4.69) is 6.07 Å². The molecule has 0 aromatic heterocycles. The van der Waals surface area contributed by atoms with Gasteiger partial charge in [0.2, 0.25) is 0 Å². The minimum Gasteiger partial charge on any atom is -0.497 e. The fraction of sp³-hybridized carbons (Fsp3) is 0.235. The average Bonchev–Trinajstić information content (AvgIpc) is 2.54. The summed E-state index contributed by atoms with van der Waals surface area (Å²) in [6, 6.07) is 15.9. The first-order valence-corrected chi connectivity index (χ1v) is 7.14. The second-order valence-electron chi connectivity index (χ2n) is 4.80. The summed E-state index contributed by atoms with van der Waals surface area (Å²) in [6.07, 6.45) is 0. The van der Waals surface area contributed by atoms with Crippen LogP contribution < -0.4 is 9.64 Å². The molecule has 2 rings (SSSR count). The van der Waals surface area contributed by atoms with Crippen LogP contribution in [0.3, 0.4) is 0 Å². The van der Waals surface area contributed by atoms with Crippen molar-refractivity contribution < 1.29 is 4.74 Å². The lowest BCUT2D eigenvalue weighted by atomic mass is 10.1. The number of halogens is 1. The molecule has 0 spiro atoms. The van der Waals surface area contributed by atoms with Crippen LogP contribution in [0.4, 0.5) is 5.69 Å². The molecule has 4 heteroatoms. The maximum Gasteiger partial charge on any atom is 0.119 e. The first-order valence-electron chi connectivity index (χ1n) is 6.61. The number of nitrogens with zero attached hydrogens (tertiary/aromatic N) is 2. The predicted molar refractivity (Wildman–Crippen MR) is 85.8 cm³/mol. The van der Waals surface area contributed by atoms with E-state index in [0.29, 0.717) is 18.0 Å². The van der Waals surface area contributed by atoms with Crippen LogP contribution >= 0.6 is 11.6 Å². The van der Waals surface area contributed by atoms with E-state index in [-0.39, 0.29) is 0 Å². The molecule has 0 bridgehead atoms. The largest absolute Gasteiger partial charge is 0.497 e. The second-order valence-corrected chi connectivity index (χ2v) is 5.07. The van der Waals surface area contributed by atoms with Gasteiger partial charge in [0.1, 0.15) is 11.8 Å². The van der Waals surface area contributed by atoms with Gasteiger partial charge in [-0.1, -0.05) is 18.2 Å². The Balaban J connectivity index is 2.23.